The highest BCUT2D eigenvalue weighted by Gasteiger charge is 2.25. The fraction of sp³-hybridized carbons (Fsp3) is 0.500. The lowest BCUT2D eigenvalue weighted by Crippen LogP contribution is -2.51. The van der Waals surface area contributed by atoms with Crippen molar-refractivity contribution < 1.29 is 4.74 Å². The maximum absolute atomic E-state index is 5.54. The van der Waals surface area contributed by atoms with E-state index in [-0.39, 0.29) is 6.04 Å². The second-order valence-electron chi connectivity index (χ2n) is 6.24. The van der Waals surface area contributed by atoms with Crippen molar-refractivity contribution in [3.05, 3.63) is 54.1 Å². The second-order valence-corrected chi connectivity index (χ2v) is 6.24. The number of nitrogens with one attached hydrogen (secondary N) is 2. The van der Waals surface area contributed by atoms with E-state index in [1.54, 1.807) is 6.20 Å². The Hall–Kier alpha value is -1.69. The van der Waals surface area contributed by atoms with Gasteiger partial charge in [0, 0.05) is 37.6 Å². The molecule has 0 saturated carbocycles. The number of aromatic amines is 1. The van der Waals surface area contributed by atoms with Crippen LogP contribution in [-0.4, -0.2) is 53.3 Å². The molecule has 23 heavy (non-hydrogen) atoms. The van der Waals surface area contributed by atoms with Gasteiger partial charge in [-0.1, -0.05) is 30.3 Å². The van der Waals surface area contributed by atoms with Gasteiger partial charge in [-0.2, -0.15) is 0 Å². The SMILES string of the molecule is C[C@H](CN[C@H](c1ccccc1)c1ncc[nH]1)N1CCOC[C@H]1C. The number of imidazole rings is 1. The maximum atomic E-state index is 5.54. The standard InChI is InChI=1S/C18H26N4O/c1-14(22-10-11-23-13-15(22)2)12-21-17(18-19-8-9-20-18)16-6-4-3-5-7-16/h3-9,14-15,17,21H,10-13H2,1-2H3,(H,19,20)/t14-,15-,17-/m1/s1. The summed E-state index contributed by atoms with van der Waals surface area (Å²) in [5, 5.41) is 3.68. The minimum absolute atomic E-state index is 0.0880. The molecule has 1 fully saturated rings. The van der Waals surface area contributed by atoms with E-state index >= 15 is 0 Å². The highest BCUT2D eigenvalue weighted by Crippen LogP contribution is 2.19. The molecular formula is C18H26N4O. The molecule has 3 rings (SSSR count). The van der Waals surface area contributed by atoms with Crippen molar-refractivity contribution in [1.82, 2.24) is 20.2 Å². The van der Waals surface area contributed by atoms with Crippen LogP contribution in [0.2, 0.25) is 0 Å². The van der Waals surface area contributed by atoms with Crippen LogP contribution in [0.1, 0.15) is 31.3 Å². The Kier molecular flexibility index (Phi) is 5.43. The topological polar surface area (TPSA) is 53.2 Å². The maximum Gasteiger partial charge on any atom is 0.127 e. The Labute approximate surface area is 138 Å². The van der Waals surface area contributed by atoms with E-state index in [9.17, 15) is 0 Å². The summed E-state index contributed by atoms with van der Waals surface area (Å²) in [4.78, 5) is 10.2. The number of hydrogen-bond acceptors (Lipinski definition) is 4. The van der Waals surface area contributed by atoms with Gasteiger partial charge in [0.1, 0.15) is 5.82 Å². The molecule has 0 spiro atoms. The van der Waals surface area contributed by atoms with Crippen molar-refractivity contribution in [2.45, 2.75) is 32.0 Å². The van der Waals surface area contributed by atoms with E-state index in [0.29, 0.717) is 12.1 Å². The number of rotatable bonds is 6. The molecule has 5 nitrogen and oxygen atoms in total. The number of nitrogens with zero attached hydrogens (tertiary/aromatic N) is 2. The highest BCUT2D eigenvalue weighted by atomic mass is 16.5. The minimum atomic E-state index is 0.0880. The van der Waals surface area contributed by atoms with Gasteiger partial charge in [0.05, 0.1) is 19.3 Å². The highest BCUT2D eigenvalue weighted by molar-refractivity contribution is 5.24. The average Bonchev–Trinajstić information content (AvgIpc) is 3.10. The predicted octanol–water partition coefficient (Wildman–Crippen LogP) is 2.20. The summed E-state index contributed by atoms with van der Waals surface area (Å²) in [6.07, 6.45) is 3.68. The zero-order valence-electron chi connectivity index (χ0n) is 13.9. The fourth-order valence-corrected chi connectivity index (χ4v) is 3.25. The number of hydrogen-bond donors (Lipinski definition) is 2. The molecular weight excluding hydrogens is 288 g/mol. The first-order valence-electron chi connectivity index (χ1n) is 8.37. The molecule has 1 aromatic carbocycles. The first kappa shape index (κ1) is 16.2. The molecule has 1 aromatic heterocycles. The first-order chi connectivity index (χ1) is 11.3. The molecule has 124 valence electrons. The molecule has 3 atom stereocenters. The van der Waals surface area contributed by atoms with Gasteiger partial charge in [-0.25, -0.2) is 4.98 Å². The lowest BCUT2D eigenvalue weighted by Gasteiger charge is -2.38. The third kappa shape index (κ3) is 3.99. The summed E-state index contributed by atoms with van der Waals surface area (Å²) in [5.41, 5.74) is 1.23. The van der Waals surface area contributed by atoms with Gasteiger partial charge in [-0.05, 0) is 19.4 Å². The minimum Gasteiger partial charge on any atom is -0.379 e. The van der Waals surface area contributed by atoms with E-state index in [1.165, 1.54) is 5.56 Å². The lowest BCUT2D eigenvalue weighted by molar-refractivity contribution is -0.0184. The summed E-state index contributed by atoms with van der Waals surface area (Å²) in [5.74, 6) is 0.957. The Bertz CT molecular complexity index is 572. The Morgan fingerprint density at radius 1 is 1.39 bits per heavy atom. The average molecular weight is 314 g/mol. The van der Waals surface area contributed by atoms with Gasteiger partial charge >= 0.3 is 0 Å². The molecule has 0 bridgehead atoms. The third-order valence-electron chi connectivity index (χ3n) is 4.53. The van der Waals surface area contributed by atoms with Crippen LogP contribution >= 0.6 is 0 Å². The molecule has 1 aliphatic rings. The predicted molar refractivity (Wildman–Crippen MR) is 91.3 cm³/mol. The quantitative estimate of drug-likeness (QED) is 0.858. The van der Waals surface area contributed by atoms with E-state index in [1.807, 2.05) is 12.3 Å². The number of benzene rings is 1. The molecule has 2 N–H and O–H groups in total. The van der Waals surface area contributed by atoms with Gasteiger partial charge in [-0.3, -0.25) is 4.90 Å². The van der Waals surface area contributed by atoms with Crippen LogP contribution in [0.4, 0.5) is 0 Å². The third-order valence-corrected chi connectivity index (χ3v) is 4.53. The summed E-state index contributed by atoms with van der Waals surface area (Å²) in [6.45, 7) is 8.07. The van der Waals surface area contributed by atoms with Gasteiger partial charge in [0.2, 0.25) is 0 Å². The summed E-state index contributed by atoms with van der Waals surface area (Å²) >= 11 is 0. The van der Waals surface area contributed by atoms with Gasteiger partial charge in [-0.15, -0.1) is 0 Å². The zero-order chi connectivity index (χ0) is 16.1. The van der Waals surface area contributed by atoms with Crippen LogP contribution < -0.4 is 5.32 Å². The van der Waals surface area contributed by atoms with Crippen molar-refractivity contribution in [3.8, 4) is 0 Å². The van der Waals surface area contributed by atoms with Crippen LogP contribution in [0.3, 0.4) is 0 Å². The normalized spacial score (nSPS) is 21.9. The summed E-state index contributed by atoms with van der Waals surface area (Å²) < 4.78 is 5.54. The first-order valence-corrected chi connectivity index (χ1v) is 8.37. The molecule has 2 heterocycles. The Morgan fingerprint density at radius 2 is 2.22 bits per heavy atom. The van der Waals surface area contributed by atoms with Crippen LogP contribution in [0, 0.1) is 0 Å². The van der Waals surface area contributed by atoms with Crippen LogP contribution in [-0.2, 0) is 4.74 Å². The number of H-pyrrole nitrogens is 1. The Balaban J connectivity index is 1.67. The van der Waals surface area contributed by atoms with Gasteiger partial charge < -0.3 is 15.0 Å². The number of morpholine rings is 1. The summed E-state index contributed by atoms with van der Waals surface area (Å²) in [6, 6.07) is 11.5. The second kappa shape index (κ2) is 7.73. The zero-order valence-corrected chi connectivity index (χ0v) is 13.9. The molecule has 0 unspecified atom stereocenters. The van der Waals surface area contributed by atoms with E-state index in [0.717, 1.165) is 32.1 Å². The van der Waals surface area contributed by atoms with Crippen LogP contribution in [0.25, 0.3) is 0 Å². The van der Waals surface area contributed by atoms with E-state index in [4.69, 9.17) is 4.74 Å². The van der Waals surface area contributed by atoms with Crippen LogP contribution in [0.15, 0.2) is 42.7 Å². The largest absolute Gasteiger partial charge is 0.379 e. The smallest absolute Gasteiger partial charge is 0.127 e. The van der Waals surface area contributed by atoms with Crippen molar-refractivity contribution in [3.63, 3.8) is 0 Å². The van der Waals surface area contributed by atoms with E-state index in [2.05, 4.69) is 58.3 Å². The lowest BCUT2D eigenvalue weighted by atomic mass is 10.1. The van der Waals surface area contributed by atoms with Crippen molar-refractivity contribution in [2.24, 2.45) is 0 Å². The molecule has 1 aliphatic heterocycles. The summed E-state index contributed by atoms with van der Waals surface area (Å²) in [7, 11) is 0. The molecule has 0 radical (unpaired) electrons. The van der Waals surface area contributed by atoms with Crippen molar-refractivity contribution >= 4 is 0 Å². The molecule has 5 heteroatoms. The Morgan fingerprint density at radius 3 is 2.91 bits per heavy atom. The fourth-order valence-electron chi connectivity index (χ4n) is 3.25. The molecule has 0 amide bonds. The van der Waals surface area contributed by atoms with Crippen molar-refractivity contribution in [2.75, 3.05) is 26.3 Å². The molecule has 2 aromatic rings. The number of ether oxygens (including phenoxy) is 1. The van der Waals surface area contributed by atoms with Crippen molar-refractivity contribution in [1.29, 1.82) is 0 Å². The van der Waals surface area contributed by atoms with Crippen LogP contribution in [0.5, 0.6) is 0 Å². The molecule has 0 aliphatic carbocycles. The number of aromatic nitrogens is 2. The molecule has 1 saturated heterocycles. The van der Waals surface area contributed by atoms with E-state index < -0.39 is 0 Å². The van der Waals surface area contributed by atoms with Gasteiger partial charge in [0.25, 0.3) is 0 Å². The monoisotopic (exact) mass is 314 g/mol. The van der Waals surface area contributed by atoms with Gasteiger partial charge in [0.15, 0.2) is 0 Å².